The van der Waals surface area contributed by atoms with E-state index in [1.54, 1.807) is 12.1 Å². The van der Waals surface area contributed by atoms with Gasteiger partial charge in [-0.15, -0.1) is 0 Å². The second-order valence-corrected chi connectivity index (χ2v) is 9.09. The van der Waals surface area contributed by atoms with Gasteiger partial charge in [0.2, 0.25) is 0 Å². The molecule has 3 aromatic rings. The molecule has 2 N–H and O–H groups in total. The first-order chi connectivity index (χ1) is 16.5. The first kappa shape index (κ1) is 26.7. The number of likely N-dealkylation sites (tertiary alicyclic amines) is 1. The standard InChI is InChI=1S/C23H25ClFN3.C2HF3O2/c1-15(2)28-12-11-20(21(14-28)16-5-9-19(25)10-6-16)23-13-22(26-27-23)17-3-7-18(24)8-4-17;3-2(4,5)1(6)7/h3-10,13,15,20-21H,11-12,14H2,1-2H3,(H,26,27);(H,6,7)/t20-,21+;/m1./s1. The molecule has 0 bridgehead atoms. The summed E-state index contributed by atoms with van der Waals surface area (Å²) >= 11 is 6.01. The van der Waals surface area contributed by atoms with Crippen LogP contribution in [0.5, 0.6) is 0 Å². The fourth-order valence-electron chi connectivity index (χ4n) is 4.15. The van der Waals surface area contributed by atoms with E-state index in [4.69, 9.17) is 21.5 Å². The van der Waals surface area contributed by atoms with Crippen molar-refractivity contribution in [3.63, 3.8) is 0 Å². The van der Waals surface area contributed by atoms with Gasteiger partial charge in [0.25, 0.3) is 0 Å². The van der Waals surface area contributed by atoms with Crippen LogP contribution in [-0.4, -0.2) is 51.5 Å². The summed E-state index contributed by atoms with van der Waals surface area (Å²) in [5, 5.41) is 15.7. The Morgan fingerprint density at radius 1 is 1.11 bits per heavy atom. The van der Waals surface area contributed by atoms with Gasteiger partial charge < -0.3 is 10.0 Å². The van der Waals surface area contributed by atoms with Crippen LogP contribution in [0, 0.1) is 5.82 Å². The number of hydrogen-bond donors (Lipinski definition) is 2. The third-order valence-corrected chi connectivity index (χ3v) is 6.30. The third kappa shape index (κ3) is 7.05. The Balaban J connectivity index is 0.000000429. The summed E-state index contributed by atoms with van der Waals surface area (Å²) in [6.07, 6.45) is -4.05. The number of piperidine rings is 1. The van der Waals surface area contributed by atoms with Crippen LogP contribution in [0.4, 0.5) is 17.6 Å². The van der Waals surface area contributed by atoms with Crippen molar-refractivity contribution in [1.82, 2.24) is 15.1 Å². The van der Waals surface area contributed by atoms with Crippen molar-refractivity contribution in [3.8, 4) is 11.3 Å². The van der Waals surface area contributed by atoms with Gasteiger partial charge in [0.15, 0.2) is 0 Å². The normalized spacial score (nSPS) is 18.7. The lowest BCUT2D eigenvalue weighted by atomic mass is 9.78. The Morgan fingerprint density at radius 3 is 2.26 bits per heavy atom. The van der Waals surface area contributed by atoms with E-state index in [1.807, 2.05) is 36.4 Å². The second-order valence-electron chi connectivity index (χ2n) is 8.66. The summed E-state index contributed by atoms with van der Waals surface area (Å²) in [7, 11) is 0. The van der Waals surface area contributed by atoms with E-state index in [1.165, 1.54) is 5.56 Å². The molecule has 0 saturated carbocycles. The lowest BCUT2D eigenvalue weighted by Crippen LogP contribution is -2.42. The number of H-pyrrole nitrogens is 1. The molecule has 1 aliphatic rings. The average molecular weight is 512 g/mol. The van der Waals surface area contributed by atoms with Gasteiger partial charge >= 0.3 is 12.1 Å². The molecule has 0 spiro atoms. The van der Waals surface area contributed by atoms with Crippen molar-refractivity contribution in [2.24, 2.45) is 0 Å². The van der Waals surface area contributed by atoms with Gasteiger partial charge in [-0.05, 0) is 68.3 Å². The molecule has 35 heavy (non-hydrogen) atoms. The zero-order chi connectivity index (χ0) is 25.8. The Labute approximate surface area is 205 Å². The Morgan fingerprint density at radius 2 is 1.71 bits per heavy atom. The van der Waals surface area contributed by atoms with Crippen LogP contribution in [-0.2, 0) is 4.79 Å². The number of aliphatic carboxylic acids is 1. The van der Waals surface area contributed by atoms with Crippen LogP contribution >= 0.6 is 11.6 Å². The molecule has 4 rings (SSSR count). The van der Waals surface area contributed by atoms with Crippen molar-refractivity contribution in [3.05, 3.63) is 76.7 Å². The Hall–Kier alpha value is -2.91. The van der Waals surface area contributed by atoms with Gasteiger partial charge in [0, 0.05) is 29.4 Å². The molecule has 2 aromatic carbocycles. The number of carboxylic acids is 1. The van der Waals surface area contributed by atoms with E-state index in [0.717, 1.165) is 41.5 Å². The van der Waals surface area contributed by atoms with Crippen molar-refractivity contribution in [2.75, 3.05) is 13.1 Å². The highest BCUT2D eigenvalue weighted by Crippen LogP contribution is 2.40. The van der Waals surface area contributed by atoms with Gasteiger partial charge in [-0.2, -0.15) is 18.3 Å². The van der Waals surface area contributed by atoms with Crippen LogP contribution in [0.15, 0.2) is 54.6 Å². The highest BCUT2D eigenvalue weighted by atomic mass is 35.5. The van der Waals surface area contributed by atoms with Crippen LogP contribution in [0.3, 0.4) is 0 Å². The number of aromatic nitrogens is 2. The molecule has 0 aliphatic carbocycles. The van der Waals surface area contributed by atoms with Gasteiger partial charge in [0.05, 0.1) is 11.4 Å². The summed E-state index contributed by atoms with van der Waals surface area (Å²) in [6.45, 7) is 6.46. The SMILES string of the molecule is CC(C)N1CC[C@@H](c2cc(-c3ccc(Cl)cc3)[nH]n2)[C@H](c2ccc(F)cc2)C1.O=C(O)C(F)(F)F. The topological polar surface area (TPSA) is 69.2 Å². The highest BCUT2D eigenvalue weighted by Gasteiger charge is 2.38. The molecular formula is C25H26ClF4N3O2. The quantitative estimate of drug-likeness (QED) is 0.393. The maximum absolute atomic E-state index is 13.5. The first-order valence-electron chi connectivity index (χ1n) is 11.1. The zero-order valence-electron chi connectivity index (χ0n) is 19.2. The van der Waals surface area contributed by atoms with Gasteiger partial charge in [-0.25, -0.2) is 9.18 Å². The van der Waals surface area contributed by atoms with E-state index in [0.29, 0.717) is 12.0 Å². The Kier molecular flexibility index (Phi) is 8.56. The number of alkyl halides is 3. The molecule has 2 heterocycles. The number of carboxylic acid groups (broad SMARTS) is 1. The van der Waals surface area contributed by atoms with Crippen LogP contribution < -0.4 is 0 Å². The third-order valence-electron chi connectivity index (χ3n) is 6.05. The second kappa shape index (κ2) is 11.2. The van der Waals surface area contributed by atoms with E-state index in [-0.39, 0.29) is 11.7 Å². The van der Waals surface area contributed by atoms with E-state index in [9.17, 15) is 17.6 Å². The average Bonchev–Trinajstić information content (AvgIpc) is 3.29. The smallest absolute Gasteiger partial charge is 0.475 e. The lowest BCUT2D eigenvalue weighted by Gasteiger charge is -2.40. The zero-order valence-corrected chi connectivity index (χ0v) is 19.9. The summed E-state index contributed by atoms with van der Waals surface area (Å²) in [6, 6.07) is 17.4. The fourth-order valence-corrected chi connectivity index (χ4v) is 4.28. The van der Waals surface area contributed by atoms with E-state index >= 15 is 0 Å². The van der Waals surface area contributed by atoms with E-state index < -0.39 is 12.1 Å². The molecule has 1 fully saturated rings. The largest absolute Gasteiger partial charge is 0.490 e. The summed E-state index contributed by atoms with van der Waals surface area (Å²) in [5.41, 5.74) is 4.31. The molecule has 2 atom stereocenters. The minimum absolute atomic E-state index is 0.193. The summed E-state index contributed by atoms with van der Waals surface area (Å²) in [5.74, 6) is -2.36. The lowest BCUT2D eigenvalue weighted by molar-refractivity contribution is -0.192. The Bertz CT molecular complexity index is 1110. The minimum Gasteiger partial charge on any atom is -0.475 e. The minimum atomic E-state index is -5.08. The molecule has 5 nitrogen and oxygen atoms in total. The number of aromatic amines is 1. The molecule has 1 aliphatic heterocycles. The number of nitrogens with one attached hydrogen (secondary N) is 1. The number of nitrogens with zero attached hydrogens (tertiary/aromatic N) is 2. The maximum Gasteiger partial charge on any atom is 0.490 e. The fraction of sp³-hybridized carbons (Fsp3) is 0.360. The van der Waals surface area contributed by atoms with Gasteiger partial charge in [-0.3, -0.25) is 5.10 Å². The monoisotopic (exact) mass is 511 g/mol. The van der Waals surface area contributed by atoms with Crippen LogP contribution in [0.25, 0.3) is 11.3 Å². The van der Waals surface area contributed by atoms with E-state index in [2.05, 4.69) is 35.0 Å². The number of halogens is 5. The molecule has 1 aromatic heterocycles. The highest BCUT2D eigenvalue weighted by molar-refractivity contribution is 6.30. The molecule has 188 valence electrons. The van der Waals surface area contributed by atoms with Crippen molar-refractivity contribution in [2.45, 2.75) is 44.3 Å². The summed E-state index contributed by atoms with van der Waals surface area (Å²) in [4.78, 5) is 11.4. The molecule has 0 unspecified atom stereocenters. The van der Waals surface area contributed by atoms with Crippen molar-refractivity contribution >= 4 is 17.6 Å². The van der Waals surface area contributed by atoms with Gasteiger partial charge in [-0.1, -0.05) is 35.9 Å². The predicted octanol–water partition coefficient (Wildman–Crippen LogP) is 6.48. The predicted molar refractivity (Wildman–Crippen MR) is 126 cm³/mol. The van der Waals surface area contributed by atoms with Crippen LogP contribution in [0.2, 0.25) is 5.02 Å². The number of hydrogen-bond acceptors (Lipinski definition) is 3. The molecule has 1 saturated heterocycles. The van der Waals surface area contributed by atoms with Crippen LogP contribution in [0.1, 0.15) is 43.4 Å². The maximum atomic E-state index is 13.5. The first-order valence-corrected chi connectivity index (χ1v) is 11.4. The number of benzene rings is 2. The number of carbonyl (C=O) groups is 1. The number of rotatable bonds is 4. The molecule has 10 heteroatoms. The van der Waals surface area contributed by atoms with Gasteiger partial charge in [0.1, 0.15) is 5.82 Å². The molecular weight excluding hydrogens is 486 g/mol. The van der Waals surface area contributed by atoms with Crippen molar-refractivity contribution < 1.29 is 27.5 Å². The summed E-state index contributed by atoms with van der Waals surface area (Å²) < 4.78 is 45.2. The van der Waals surface area contributed by atoms with Crippen molar-refractivity contribution in [1.29, 1.82) is 0 Å². The molecule has 0 amide bonds. The molecule has 0 radical (unpaired) electrons.